The van der Waals surface area contributed by atoms with E-state index in [4.69, 9.17) is 0 Å². The Hall–Kier alpha value is -1.42. The molecule has 0 aliphatic heterocycles. The summed E-state index contributed by atoms with van der Waals surface area (Å²) >= 11 is 1.68. The maximum absolute atomic E-state index is 4.60. The predicted octanol–water partition coefficient (Wildman–Crippen LogP) is 2.90. The van der Waals surface area contributed by atoms with Gasteiger partial charge in [-0.25, -0.2) is 4.99 Å². The Morgan fingerprint density at radius 1 is 1.50 bits per heavy atom. The van der Waals surface area contributed by atoms with Gasteiger partial charge in [0.1, 0.15) is 0 Å². The van der Waals surface area contributed by atoms with Crippen molar-refractivity contribution < 1.29 is 0 Å². The molecule has 0 aromatic carbocycles. The molecule has 2 aromatic heterocycles. The first kappa shape index (κ1) is 11.1. The van der Waals surface area contributed by atoms with Gasteiger partial charge in [-0.05, 0) is 25.5 Å². The molecular weight excluding hydrogens is 218 g/mol. The number of aryl methyl sites for hydroxylation is 1. The van der Waals surface area contributed by atoms with Crippen LogP contribution in [0.2, 0.25) is 0 Å². The number of hydrogen-bond donors (Lipinski definition) is 0. The fourth-order valence-electron chi connectivity index (χ4n) is 1.53. The Morgan fingerprint density at radius 3 is 3.06 bits per heavy atom. The molecule has 0 saturated carbocycles. The van der Waals surface area contributed by atoms with Gasteiger partial charge >= 0.3 is 0 Å². The summed E-state index contributed by atoms with van der Waals surface area (Å²) in [6.45, 7) is 5.32. The van der Waals surface area contributed by atoms with E-state index in [2.05, 4.69) is 33.8 Å². The van der Waals surface area contributed by atoms with E-state index in [1.165, 1.54) is 5.69 Å². The molecule has 2 heterocycles. The highest BCUT2D eigenvalue weighted by Crippen LogP contribution is 2.08. The quantitative estimate of drug-likeness (QED) is 0.801. The van der Waals surface area contributed by atoms with Gasteiger partial charge in [0.15, 0.2) is 4.80 Å². The molecule has 0 fully saturated rings. The molecule has 3 nitrogen and oxygen atoms in total. The third-order valence-electron chi connectivity index (χ3n) is 2.31. The first-order valence-corrected chi connectivity index (χ1v) is 6.29. The van der Waals surface area contributed by atoms with Gasteiger partial charge in [-0.1, -0.05) is 6.92 Å². The molecule has 0 saturated heterocycles. The molecule has 2 aromatic rings. The minimum atomic E-state index is 0.911. The SMILES string of the molecule is CCCn1c(C)csc1=Nc1cccnc1. The van der Waals surface area contributed by atoms with Gasteiger partial charge in [-0.2, -0.15) is 0 Å². The van der Waals surface area contributed by atoms with Crippen LogP contribution in [0.25, 0.3) is 0 Å². The van der Waals surface area contributed by atoms with E-state index in [0.29, 0.717) is 0 Å². The summed E-state index contributed by atoms with van der Waals surface area (Å²) in [6, 6.07) is 3.88. The fourth-order valence-corrected chi connectivity index (χ4v) is 2.45. The van der Waals surface area contributed by atoms with E-state index in [-0.39, 0.29) is 0 Å². The van der Waals surface area contributed by atoms with E-state index in [0.717, 1.165) is 23.5 Å². The Morgan fingerprint density at radius 2 is 2.38 bits per heavy atom. The van der Waals surface area contributed by atoms with Crippen molar-refractivity contribution in [3.8, 4) is 0 Å². The topological polar surface area (TPSA) is 30.2 Å². The molecule has 84 valence electrons. The summed E-state index contributed by atoms with van der Waals surface area (Å²) in [5.74, 6) is 0. The second-order valence-corrected chi connectivity index (χ2v) is 4.47. The lowest BCUT2D eigenvalue weighted by atomic mass is 10.4. The van der Waals surface area contributed by atoms with Crippen molar-refractivity contribution in [1.82, 2.24) is 9.55 Å². The number of aromatic nitrogens is 2. The van der Waals surface area contributed by atoms with Gasteiger partial charge in [0.2, 0.25) is 0 Å². The van der Waals surface area contributed by atoms with Crippen molar-refractivity contribution in [2.45, 2.75) is 26.8 Å². The summed E-state index contributed by atoms with van der Waals surface area (Å²) in [6.07, 6.45) is 4.67. The van der Waals surface area contributed by atoms with Gasteiger partial charge in [0, 0.05) is 23.8 Å². The van der Waals surface area contributed by atoms with Crippen LogP contribution in [0.5, 0.6) is 0 Å². The first-order valence-electron chi connectivity index (χ1n) is 5.41. The normalized spacial score (nSPS) is 12.0. The maximum atomic E-state index is 4.60. The van der Waals surface area contributed by atoms with Crippen LogP contribution in [0.3, 0.4) is 0 Å². The molecule has 2 rings (SSSR count). The Labute approximate surface area is 99.1 Å². The average molecular weight is 233 g/mol. The van der Waals surface area contributed by atoms with E-state index in [1.54, 1.807) is 23.7 Å². The summed E-state index contributed by atoms with van der Waals surface area (Å²) in [7, 11) is 0. The molecule has 0 aliphatic rings. The van der Waals surface area contributed by atoms with E-state index < -0.39 is 0 Å². The van der Waals surface area contributed by atoms with E-state index in [9.17, 15) is 0 Å². The lowest BCUT2D eigenvalue weighted by Crippen LogP contribution is -2.15. The van der Waals surface area contributed by atoms with Crippen LogP contribution in [0.1, 0.15) is 19.0 Å². The molecule has 0 bridgehead atoms. The van der Waals surface area contributed by atoms with Gasteiger partial charge in [-0.15, -0.1) is 11.3 Å². The molecule has 0 N–H and O–H groups in total. The first-order chi connectivity index (χ1) is 7.81. The van der Waals surface area contributed by atoms with Crippen molar-refractivity contribution in [1.29, 1.82) is 0 Å². The smallest absolute Gasteiger partial charge is 0.190 e. The van der Waals surface area contributed by atoms with E-state index >= 15 is 0 Å². The third kappa shape index (κ3) is 2.39. The van der Waals surface area contributed by atoms with Gasteiger partial charge in [0.05, 0.1) is 11.9 Å². The molecule has 0 atom stereocenters. The number of rotatable bonds is 3. The van der Waals surface area contributed by atoms with E-state index in [1.807, 2.05) is 12.1 Å². The van der Waals surface area contributed by atoms with Crippen LogP contribution in [0.4, 0.5) is 5.69 Å². The summed E-state index contributed by atoms with van der Waals surface area (Å²) in [5, 5.41) is 2.14. The Balaban J connectivity index is 2.44. The molecule has 0 aliphatic carbocycles. The lowest BCUT2D eigenvalue weighted by Gasteiger charge is -2.02. The van der Waals surface area contributed by atoms with Gasteiger partial charge < -0.3 is 4.57 Å². The minimum absolute atomic E-state index is 0.911. The van der Waals surface area contributed by atoms with Crippen LogP contribution in [0.15, 0.2) is 34.9 Å². The molecule has 0 unspecified atom stereocenters. The van der Waals surface area contributed by atoms with Gasteiger partial charge in [0.25, 0.3) is 0 Å². The van der Waals surface area contributed by atoms with Crippen LogP contribution in [-0.4, -0.2) is 9.55 Å². The molecule has 0 spiro atoms. The second kappa shape index (κ2) is 5.07. The highest BCUT2D eigenvalue weighted by Gasteiger charge is 1.99. The minimum Gasteiger partial charge on any atom is -0.321 e. The zero-order valence-electron chi connectivity index (χ0n) is 9.55. The number of thiazole rings is 1. The standard InChI is InChI=1S/C12H15N3S/c1-3-7-15-10(2)9-16-12(15)14-11-5-4-6-13-8-11/h4-6,8-9H,3,7H2,1-2H3. The second-order valence-electron chi connectivity index (χ2n) is 3.63. The van der Waals surface area contributed by atoms with Crippen LogP contribution >= 0.6 is 11.3 Å². The van der Waals surface area contributed by atoms with Crippen molar-refractivity contribution in [3.05, 3.63) is 40.4 Å². The van der Waals surface area contributed by atoms with Crippen LogP contribution in [0, 0.1) is 6.92 Å². The summed E-state index contributed by atoms with van der Waals surface area (Å²) < 4.78 is 2.25. The van der Waals surface area contributed by atoms with Crippen molar-refractivity contribution in [2.75, 3.05) is 0 Å². The number of pyridine rings is 1. The molecule has 0 amide bonds. The molecule has 0 radical (unpaired) electrons. The maximum Gasteiger partial charge on any atom is 0.190 e. The number of hydrogen-bond acceptors (Lipinski definition) is 3. The van der Waals surface area contributed by atoms with Crippen molar-refractivity contribution in [2.24, 2.45) is 4.99 Å². The van der Waals surface area contributed by atoms with Crippen molar-refractivity contribution in [3.63, 3.8) is 0 Å². The number of nitrogens with zero attached hydrogens (tertiary/aromatic N) is 3. The van der Waals surface area contributed by atoms with Crippen LogP contribution < -0.4 is 4.80 Å². The van der Waals surface area contributed by atoms with Gasteiger partial charge in [-0.3, -0.25) is 4.98 Å². The highest BCUT2D eigenvalue weighted by atomic mass is 32.1. The predicted molar refractivity (Wildman–Crippen MR) is 66.8 cm³/mol. The fraction of sp³-hybridized carbons (Fsp3) is 0.333. The highest BCUT2D eigenvalue weighted by molar-refractivity contribution is 7.07. The molecule has 16 heavy (non-hydrogen) atoms. The monoisotopic (exact) mass is 233 g/mol. The third-order valence-corrected chi connectivity index (χ3v) is 3.29. The Kier molecular flexibility index (Phi) is 3.51. The summed E-state index contributed by atoms with van der Waals surface area (Å²) in [4.78, 5) is 9.71. The Bertz CT molecular complexity index is 511. The van der Waals surface area contributed by atoms with Crippen molar-refractivity contribution >= 4 is 17.0 Å². The molecular formula is C12H15N3S. The lowest BCUT2D eigenvalue weighted by molar-refractivity contribution is 0.644. The largest absolute Gasteiger partial charge is 0.321 e. The average Bonchev–Trinajstić information content (AvgIpc) is 2.64. The zero-order valence-corrected chi connectivity index (χ0v) is 10.4. The molecule has 4 heteroatoms. The summed E-state index contributed by atoms with van der Waals surface area (Å²) in [5.41, 5.74) is 2.18. The van der Waals surface area contributed by atoms with Crippen LogP contribution in [-0.2, 0) is 6.54 Å². The zero-order chi connectivity index (χ0) is 11.4.